The molecule has 2 heterocycles. The van der Waals surface area contributed by atoms with Crippen molar-refractivity contribution in [2.24, 2.45) is 17.6 Å². The third-order valence-corrected chi connectivity index (χ3v) is 3.75. The highest BCUT2D eigenvalue weighted by molar-refractivity contribution is 5.79. The van der Waals surface area contributed by atoms with Crippen molar-refractivity contribution in [2.45, 2.75) is 31.9 Å². The van der Waals surface area contributed by atoms with Crippen molar-refractivity contribution in [3.8, 4) is 0 Å². The number of nitrogens with one attached hydrogen (secondary N) is 1. The molecule has 0 aromatic heterocycles. The SMILES string of the molecule is CCC1OCCC1CNC(=O)C1COCC1N. The smallest absolute Gasteiger partial charge is 0.227 e. The van der Waals surface area contributed by atoms with E-state index < -0.39 is 0 Å². The van der Waals surface area contributed by atoms with Crippen molar-refractivity contribution in [1.29, 1.82) is 0 Å². The number of nitrogens with two attached hydrogens (primary N) is 1. The Hall–Kier alpha value is -0.650. The van der Waals surface area contributed by atoms with E-state index >= 15 is 0 Å². The number of carbonyl (C=O) groups is 1. The highest BCUT2D eigenvalue weighted by Gasteiger charge is 2.33. The highest BCUT2D eigenvalue weighted by Crippen LogP contribution is 2.22. The van der Waals surface area contributed by atoms with Crippen LogP contribution in [0, 0.1) is 11.8 Å². The predicted molar refractivity (Wildman–Crippen MR) is 63.4 cm³/mol. The number of hydrogen-bond donors (Lipinski definition) is 2. The Balaban J connectivity index is 1.76. The Morgan fingerprint density at radius 1 is 1.47 bits per heavy atom. The summed E-state index contributed by atoms with van der Waals surface area (Å²) >= 11 is 0. The molecule has 1 amide bonds. The monoisotopic (exact) mass is 242 g/mol. The summed E-state index contributed by atoms with van der Waals surface area (Å²) in [6.07, 6.45) is 2.34. The van der Waals surface area contributed by atoms with Gasteiger partial charge in [0.2, 0.25) is 5.91 Å². The molecule has 17 heavy (non-hydrogen) atoms. The van der Waals surface area contributed by atoms with Gasteiger partial charge in [-0.2, -0.15) is 0 Å². The molecular weight excluding hydrogens is 220 g/mol. The third kappa shape index (κ3) is 2.97. The number of rotatable bonds is 4. The topological polar surface area (TPSA) is 73.6 Å². The van der Waals surface area contributed by atoms with Crippen LogP contribution in [0.15, 0.2) is 0 Å². The van der Waals surface area contributed by atoms with Gasteiger partial charge in [-0.15, -0.1) is 0 Å². The summed E-state index contributed by atoms with van der Waals surface area (Å²) < 4.78 is 10.8. The van der Waals surface area contributed by atoms with Gasteiger partial charge in [-0.3, -0.25) is 4.79 Å². The van der Waals surface area contributed by atoms with Crippen LogP contribution in [-0.2, 0) is 14.3 Å². The molecule has 2 aliphatic heterocycles. The van der Waals surface area contributed by atoms with Crippen molar-refractivity contribution in [3.05, 3.63) is 0 Å². The second-order valence-corrected chi connectivity index (χ2v) is 4.92. The molecule has 2 aliphatic rings. The van der Waals surface area contributed by atoms with Crippen LogP contribution in [0.25, 0.3) is 0 Å². The minimum absolute atomic E-state index is 0.0248. The zero-order valence-electron chi connectivity index (χ0n) is 10.4. The maximum absolute atomic E-state index is 11.9. The molecule has 2 rings (SSSR count). The quantitative estimate of drug-likeness (QED) is 0.721. The molecule has 0 spiro atoms. The van der Waals surface area contributed by atoms with Crippen LogP contribution in [0.3, 0.4) is 0 Å². The first-order chi connectivity index (χ1) is 8.22. The van der Waals surface area contributed by atoms with E-state index in [1.807, 2.05) is 0 Å². The molecule has 2 fully saturated rings. The average Bonchev–Trinajstić information content (AvgIpc) is 2.94. The molecule has 2 saturated heterocycles. The van der Waals surface area contributed by atoms with Crippen molar-refractivity contribution in [3.63, 3.8) is 0 Å². The summed E-state index contributed by atoms with van der Waals surface area (Å²) in [5.41, 5.74) is 5.81. The van der Waals surface area contributed by atoms with Crippen molar-refractivity contribution in [1.82, 2.24) is 5.32 Å². The summed E-state index contributed by atoms with van der Waals surface area (Å²) in [6.45, 7) is 4.56. The Labute approximate surface area is 102 Å². The van der Waals surface area contributed by atoms with Gasteiger partial charge in [0.25, 0.3) is 0 Å². The molecular formula is C12H22N2O3. The van der Waals surface area contributed by atoms with Crippen LogP contribution >= 0.6 is 0 Å². The van der Waals surface area contributed by atoms with E-state index in [2.05, 4.69) is 12.2 Å². The van der Waals surface area contributed by atoms with Gasteiger partial charge in [0, 0.05) is 25.1 Å². The summed E-state index contributed by atoms with van der Waals surface area (Å²) in [6, 6.07) is -0.156. The molecule has 0 aliphatic carbocycles. The molecule has 0 bridgehead atoms. The number of carbonyl (C=O) groups excluding carboxylic acids is 1. The fourth-order valence-electron chi connectivity index (χ4n) is 2.58. The first kappa shape index (κ1) is 12.8. The van der Waals surface area contributed by atoms with Gasteiger partial charge >= 0.3 is 0 Å². The largest absolute Gasteiger partial charge is 0.379 e. The van der Waals surface area contributed by atoms with Gasteiger partial charge < -0.3 is 20.5 Å². The molecule has 98 valence electrons. The molecule has 4 atom stereocenters. The molecule has 3 N–H and O–H groups in total. The third-order valence-electron chi connectivity index (χ3n) is 3.75. The number of amides is 1. The van der Waals surface area contributed by atoms with Gasteiger partial charge in [-0.25, -0.2) is 0 Å². The van der Waals surface area contributed by atoms with Crippen molar-refractivity contribution >= 4 is 5.91 Å². The summed E-state index contributed by atoms with van der Waals surface area (Å²) in [7, 11) is 0. The maximum atomic E-state index is 11.9. The van der Waals surface area contributed by atoms with Gasteiger partial charge in [-0.1, -0.05) is 6.92 Å². The van der Waals surface area contributed by atoms with Crippen molar-refractivity contribution < 1.29 is 14.3 Å². The zero-order valence-corrected chi connectivity index (χ0v) is 10.4. The van der Waals surface area contributed by atoms with Crippen LogP contribution in [0.4, 0.5) is 0 Å². The van der Waals surface area contributed by atoms with Crippen molar-refractivity contribution in [2.75, 3.05) is 26.4 Å². The van der Waals surface area contributed by atoms with E-state index in [-0.39, 0.29) is 17.9 Å². The van der Waals surface area contributed by atoms with Crippen LogP contribution in [-0.4, -0.2) is 44.4 Å². The minimum atomic E-state index is -0.183. The maximum Gasteiger partial charge on any atom is 0.227 e. The fourth-order valence-corrected chi connectivity index (χ4v) is 2.58. The second kappa shape index (κ2) is 5.80. The fraction of sp³-hybridized carbons (Fsp3) is 0.917. The molecule has 0 saturated carbocycles. The molecule has 0 radical (unpaired) electrons. The molecule has 5 heteroatoms. The van der Waals surface area contributed by atoms with Gasteiger partial charge in [0.15, 0.2) is 0 Å². The van der Waals surface area contributed by atoms with E-state index in [4.69, 9.17) is 15.2 Å². The summed E-state index contributed by atoms with van der Waals surface area (Å²) in [5, 5.41) is 2.98. The van der Waals surface area contributed by atoms with Crippen LogP contribution in [0.5, 0.6) is 0 Å². The van der Waals surface area contributed by atoms with E-state index in [1.165, 1.54) is 0 Å². The average molecular weight is 242 g/mol. The minimum Gasteiger partial charge on any atom is -0.379 e. The van der Waals surface area contributed by atoms with Crippen LogP contribution in [0.1, 0.15) is 19.8 Å². The Bertz CT molecular complexity index is 272. The van der Waals surface area contributed by atoms with Crippen LogP contribution < -0.4 is 11.1 Å². The van der Waals surface area contributed by atoms with Gasteiger partial charge in [0.05, 0.1) is 25.2 Å². The number of hydrogen-bond acceptors (Lipinski definition) is 4. The molecule has 4 unspecified atom stereocenters. The Kier molecular flexibility index (Phi) is 4.36. The Morgan fingerprint density at radius 2 is 2.29 bits per heavy atom. The van der Waals surface area contributed by atoms with Crippen LogP contribution in [0.2, 0.25) is 0 Å². The normalized spacial score (nSPS) is 37.3. The first-order valence-electron chi connectivity index (χ1n) is 6.45. The van der Waals surface area contributed by atoms with E-state index in [9.17, 15) is 4.79 Å². The van der Waals surface area contributed by atoms with E-state index in [1.54, 1.807) is 0 Å². The predicted octanol–water partition coefficient (Wildman–Crippen LogP) is -0.109. The lowest BCUT2D eigenvalue weighted by Crippen LogP contribution is -2.43. The first-order valence-corrected chi connectivity index (χ1v) is 6.45. The Morgan fingerprint density at radius 3 is 2.94 bits per heavy atom. The summed E-state index contributed by atoms with van der Waals surface area (Å²) in [5.74, 6) is 0.289. The molecule has 5 nitrogen and oxygen atoms in total. The zero-order chi connectivity index (χ0) is 12.3. The molecule has 0 aromatic rings. The highest BCUT2D eigenvalue weighted by atomic mass is 16.5. The molecule has 0 aromatic carbocycles. The van der Waals surface area contributed by atoms with Gasteiger partial charge in [0.1, 0.15) is 0 Å². The second-order valence-electron chi connectivity index (χ2n) is 4.92. The lowest BCUT2D eigenvalue weighted by molar-refractivity contribution is -0.125. The number of ether oxygens (including phenoxy) is 2. The lowest BCUT2D eigenvalue weighted by atomic mass is 9.98. The lowest BCUT2D eigenvalue weighted by Gasteiger charge is -2.19. The van der Waals surface area contributed by atoms with Gasteiger partial charge in [-0.05, 0) is 12.8 Å². The van der Waals surface area contributed by atoms with E-state index in [0.29, 0.717) is 31.8 Å². The van der Waals surface area contributed by atoms with E-state index in [0.717, 1.165) is 19.4 Å². The standard InChI is InChI=1S/C12H22N2O3/c1-2-11-8(3-4-17-11)5-14-12(15)9-6-16-7-10(9)13/h8-11H,2-7,13H2,1H3,(H,14,15). The summed E-state index contributed by atoms with van der Waals surface area (Å²) in [4.78, 5) is 11.9.